The SMILES string of the molecule is C[N+](C)(C)CCOC(=O)c1ccccc1C(=O)O. The Bertz CT molecular complexity index is 449. The van der Waals surface area contributed by atoms with Crippen LogP contribution in [0, 0.1) is 0 Å². The zero-order valence-electron chi connectivity index (χ0n) is 10.8. The predicted molar refractivity (Wildman–Crippen MR) is 66.6 cm³/mol. The van der Waals surface area contributed by atoms with Crippen LogP contribution in [0.4, 0.5) is 0 Å². The molecule has 0 amide bonds. The Morgan fingerprint density at radius 2 is 1.72 bits per heavy atom. The molecule has 0 aliphatic heterocycles. The van der Waals surface area contributed by atoms with E-state index < -0.39 is 11.9 Å². The number of carboxylic acid groups (broad SMARTS) is 1. The van der Waals surface area contributed by atoms with Crippen LogP contribution in [0.15, 0.2) is 24.3 Å². The van der Waals surface area contributed by atoms with Crippen molar-refractivity contribution in [2.75, 3.05) is 34.3 Å². The third-order valence-corrected chi connectivity index (χ3v) is 2.37. The molecule has 0 bridgehead atoms. The van der Waals surface area contributed by atoms with Crippen LogP contribution in [-0.2, 0) is 4.74 Å². The zero-order valence-corrected chi connectivity index (χ0v) is 10.8. The van der Waals surface area contributed by atoms with Gasteiger partial charge in [-0.15, -0.1) is 0 Å². The molecule has 0 fully saturated rings. The van der Waals surface area contributed by atoms with Crippen molar-refractivity contribution in [1.82, 2.24) is 0 Å². The predicted octanol–water partition coefficient (Wildman–Crippen LogP) is 1.25. The molecule has 18 heavy (non-hydrogen) atoms. The summed E-state index contributed by atoms with van der Waals surface area (Å²) in [6.45, 7) is 0.928. The van der Waals surface area contributed by atoms with Crippen molar-refractivity contribution >= 4 is 11.9 Å². The number of quaternary nitrogens is 1. The average Bonchev–Trinajstić information content (AvgIpc) is 2.27. The molecule has 0 radical (unpaired) electrons. The van der Waals surface area contributed by atoms with Gasteiger partial charge in [-0.2, -0.15) is 0 Å². The van der Waals surface area contributed by atoms with Crippen LogP contribution in [0.3, 0.4) is 0 Å². The Hall–Kier alpha value is -1.88. The van der Waals surface area contributed by atoms with Crippen molar-refractivity contribution < 1.29 is 23.9 Å². The standard InChI is InChI=1S/C13H17NO4/c1-14(2,3)8-9-18-13(17)11-7-5-4-6-10(11)12(15)16/h4-7H,8-9H2,1-3H3/p+1. The highest BCUT2D eigenvalue weighted by molar-refractivity contribution is 6.02. The van der Waals surface area contributed by atoms with Gasteiger partial charge in [-0.25, -0.2) is 9.59 Å². The van der Waals surface area contributed by atoms with Crippen molar-refractivity contribution in [2.24, 2.45) is 0 Å². The summed E-state index contributed by atoms with van der Waals surface area (Å²) in [6, 6.07) is 6.03. The maximum Gasteiger partial charge on any atom is 0.339 e. The molecule has 0 saturated heterocycles. The van der Waals surface area contributed by atoms with E-state index in [1.54, 1.807) is 12.1 Å². The molecule has 0 aromatic heterocycles. The van der Waals surface area contributed by atoms with E-state index in [1.165, 1.54) is 12.1 Å². The molecule has 1 aromatic rings. The smallest absolute Gasteiger partial charge is 0.339 e. The molecule has 0 saturated carbocycles. The molecule has 0 unspecified atom stereocenters. The summed E-state index contributed by atoms with van der Waals surface area (Å²) >= 11 is 0. The number of likely N-dealkylation sites (N-methyl/N-ethyl adjacent to an activating group) is 1. The van der Waals surface area contributed by atoms with Gasteiger partial charge in [0.05, 0.1) is 32.3 Å². The maximum atomic E-state index is 11.8. The summed E-state index contributed by atoms with van der Waals surface area (Å²) in [5, 5.41) is 8.96. The second kappa shape index (κ2) is 5.64. The van der Waals surface area contributed by atoms with E-state index in [2.05, 4.69) is 0 Å². The number of carbonyl (C=O) groups excluding carboxylic acids is 1. The lowest BCUT2D eigenvalue weighted by Crippen LogP contribution is -2.38. The third kappa shape index (κ3) is 4.18. The lowest BCUT2D eigenvalue weighted by Gasteiger charge is -2.23. The maximum absolute atomic E-state index is 11.8. The molecule has 1 rings (SSSR count). The minimum atomic E-state index is -1.13. The summed E-state index contributed by atoms with van der Waals surface area (Å²) in [6.07, 6.45) is 0. The van der Waals surface area contributed by atoms with Crippen molar-refractivity contribution in [1.29, 1.82) is 0 Å². The van der Waals surface area contributed by atoms with Crippen LogP contribution >= 0.6 is 0 Å². The summed E-state index contributed by atoms with van der Waals surface area (Å²) in [4.78, 5) is 22.7. The van der Waals surface area contributed by atoms with E-state index in [9.17, 15) is 9.59 Å². The van der Waals surface area contributed by atoms with Crippen LogP contribution in [0.1, 0.15) is 20.7 Å². The van der Waals surface area contributed by atoms with E-state index in [0.717, 1.165) is 0 Å². The van der Waals surface area contributed by atoms with Crippen molar-refractivity contribution in [2.45, 2.75) is 0 Å². The van der Waals surface area contributed by atoms with Crippen LogP contribution in [0.5, 0.6) is 0 Å². The average molecular weight is 252 g/mol. The highest BCUT2D eigenvalue weighted by atomic mass is 16.5. The normalized spacial score (nSPS) is 11.1. The largest absolute Gasteiger partial charge is 0.478 e. The van der Waals surface area contributed by atoms with Crippen molar-refractivity contribution in [3.8, 4) is 0 Å². The molecule has 5 nitrogen and oxygen atoms in total. The Balaban J connectivity index is 2.70. The van der Waals surface area contributed by atoms with Crippen LogP contribution in [0.25, 0.3) is 0 Å². The first kappa shape index (κ1) is 14.2. The van der Waals surface area contributed by atoms with Gasteiger partial charge in [0.25, 0.3) is 0 Å². The number of carbonyl (C=O) groups is 2. The van der Waals surface area contributed by atoms with Gasteiger partial charge in [-0.1, -0.05) is 12.1 Å². The molecule has 0 aliphatic rings. The van der Waals surface area contributed by atoms with Gasteiger partial charge in [0.2, 0.25) is 0 Å². The van der Waals surface area contributed by atoms with Gasteiger partial charge in [0.1, 0.15) is 13.2 Å². The first-order valence-electron chi connectivity index (χ1n) is 5.61. The molecule has 5 heteroatoms. The topological polar surface area (TPSA) is 63.6 Å². The van der Waals surface area contributed by atoms with Crippen molar-refractivity contribution in [3.63, 3.8) is 0 Å². The fraction of sp³-hybridized carbons (Fsp3) is 0.385. The summed E-state index contributed by atoms with van der Waals surface area (Å²) in [5.41, 5.74) is 0.0548. The van der Waals surface area contributed by atoms with Gasteiger partial charge >= 0.3 is 11.9 Å². The molecular weight excluding hydrogens is 234 g/mol. The van der Waals surface area contributed by atoms with Gasteiger partial charge < -0.3 is 14.3 Å². The second-order valence-corrected chi connectivity index (χ2v) is 5.00. The van der Waals surface area contributed by atoms with E-state index in [0.29, 0.717) is 11.0 Å². The Morgan fingerprint density at radius 3 is 2.22 bits per heavy atom. The molecule has 1 N–H and O–H groups in total. The molecule has 0 atom stereocenters. The number of ether oxygens (including phenoxy) is 1. The fourth-order valence-corrected chi connectivity index (χ4v) is 1.34. The quantitative estimate of drug-likeness (QED) is 0.632. The zero-order chi connectivity index (χ0) is 13.8. The van der Waals surface area contributed by atoms with Gasteiger partial charge in [-0.05, 0) is 12.1 Å². The molecular formula is C13H18NO4+. The van der Waals surface area contributed by atoms with E-state index in [4.69, 9.17) is 9.84 Å². The highest BCUT2D eigenvalue weighted by Crippen LogP contribution is 2.10. The number of esters is 1. The monoisotopic (exact) mass is 252 g/mol. The number of hydrogen-bond acceptors (Lipinski definition) is 3. The molecule has 0 heterocycles. The summed E-state index contributed by atoms with van der Waals surface area (Å²) < 4.78 is 5.75. The molecule has 0 aliphatic carbocycles. The number of benzene rings is 1. The first-order valence-corrected chi connectivity index (χ1v) is 5.61. The van der Waals surface area contributed by atoms with Crippen LogP contribution < -0.4 is 0 Å². The summed E-state index contributed by atoms with van der Waals surface area (Å²) in [5.74, 6) is -1.73. The molecule has 0 spiro atoms. The second-order valence-electron chi connectivity index (χ2n) is 5.00. The van der Waals surface area contributed by atoms with E-state index in [-0.39, 0.29) is 17.7 Å². The minimum absolute atomic E-state index is 0.0345. The fourth-order valence-electron chi connectivity index (χ4n) is 1.34. The number of hydrogen-bond donors (Lipinski definition) is 1. The minimum Gasteiger partial charge on any atom is -0.478 e. The Kier molecular flexibility index (Phi) is 4.44. The van der Waals surface area contributed by atoms with Gasteiger partial charge in [-0.3, -0.25) is 0 Å². The van der Waals surface area contributed by atoms with E-state index >= 15 is 0 Å². The Labute approximate surface area is 106 Å². The van der Waals surface area contributed by atoms with Crippen molar-refractivity contribution in [3.05, 3.63) is 35.4 Å². The van der Waals surface area contributed by atoms with Gasteiger partial charge in [0.15, 0.2) is 0 Å². The van der Waals surface area contributed by atoms with E-state index in [1.807, 2.05) is 21.1 Å². The third-order valence-electron chi connectivity index (χ3n) is 2.37. The lowest BCUT2D eigenvalue weighted by atomic mass is 10.1. The van der Waals surface area contributed by atoms with Crippen LogP contribution in [0.2, 0.25) is 0 Å². The first-order chi connectivity index (χ1) is 8.31. The summed E-state index contributed by atoms with van der Waals surface area (Å²) in [7, 11) is 5.96. The number of rotatable bonds is 5. The lowest BCUT2D eigenvalue weighted by molar-refractivity contribution is -0.870. The highest BCUT2D eigenvalue weighted by Gasteiger charge is 2.17. The van der Waals surface area contributed by atoms with Crippen LogP contribution in [-0.4, -0.2) is 55.8 Å². The molecule has 98 valence electrons. The molecule has 1 aromatic carbocycles. The number of aromatic carboxylic acids is 1. The van der Waals surface area contributed by atoms with Gasteiger partial charge in [0, 0.05) is 0 Å². The number of carboxylic acids is 1. The number of nitrogens with zero attached hydrogens (tertiary/aromatic N) is 1. The Morgan fingerprint density at radius 1 is 1.17 bits per heavy atom.